The first-order valence-electron chi connectivity index (χ1n) is 9.76. The van der Waals surface area contributed by atoms with E-state index in [0.29, 0.717) is 17.5 Å². The average Bonchev–Trinajstić information content (AvgIpc) is 2.76. The van der Waals surface area contributed by atoms with E-state index >= 15 is 0 Å². The van der Waals surface area contributed by atoms with E-state index in [0.717, 1.165) is 46.6 Å². The van der Waals surface area contributed by atoms with E-state index in [9.17, 15) is 4.79 Å². The number of amidine groups is 2. The number of ketones is 1. The van der Waals surface area contributed by atoms with Crippen molar-refractivity contribution < 1.29 is 4.79 Å². The molecule has 1 fully saturated rings. The number of carbonyl (C=O) groups excluding carboxylic acids is 1. The molecule has 0 bridgehead atoms. The molecule has 4 N–H and O–H groups in total. The molecule has 2 aliphatic carbocycles. The number of thioether (sulfide) groups is 1. The second-order valence-electron chi connectivity index (χ2n) is 7.25. The Hall–Kier alpha value is -2.60. The van der Waals surface area contributed by atoms with Crippen molar-refractivity contribution in [2.45, 2.75) is 12.8 Å². The van der Waals surface area contributed by atoms with Crippen molar-refractivity contribution in [3.05, 3.63) is 70.9 Å². The fourth-order valence-electron chi connectivity index (χ4n) is 3.55. The summed E-state index contributed by atoms with van der Waals surface area (Å²) in [6.07, 6.45) is 18.0. The molecule has 0 saturated carbocycles. The Labute approximate surface area is 176 Å². The third kappa shape index (κ3) is 5.26. The van der Waals surface area contributed by atoms with Gasteiger partial charge in [0.1, 0.15) is 17.5 Å². The first kappa shape index (κ1) is 21.1. The zero-order chi connectivity index (χ0) is 20.8. The SMILES string of the molecule is CN=C(N)C1=CCC(=CC2CSCC(C=C3C=CC(C(N)=NC)=CC3)C2=O)C=C1. The van der Waals surface area contributed by atoms with Gasteiger partial charge in [0.05, 0.1) is 0 Å². The Bertz CT molecular complexity index is 843. The van der Waals surface area contributed by atoms with Crippen LogP contribution in [-0.2, 0) is 4.79 Å². The number of rotatable bonds is 4. The fraction of sp³-hybridized carbons (Fsp3) is 0.348. The molecule has 0 aromatic heterocycles. The summed E-state index contributed by atoms with van der Waals surface area (Å²) in [5, 5.41) is 0. The van der Waals surface area contributed by atoms with Gasteiger partial charge in [-0.25, -0.2) is 0 Å². The van der Waals surface area contributed by atoms with Crippen molar-refractivity contribution in [1.29, 1.82) is 0 Å². The van der Waals surface area contributed by atoms with Gasteiger partial charge in [-0.05, 0) is 24.0 Å². The van der Waals surface area contributed by atoms with Crippen molar-refractivity contribution in [2.24, 2.45) is 33.3 Å². The van der Waals surface area contributed by atoms with E-state index in [2.05, 4.69) is 34.3 Å². The summed E-state index contributed by atoms with van der Waals surface area (Å²) in [4.78, 5) is 21.1. The third-order valence-electron chi connectivity index (χ3n) is 5.30. The van der Waals surface area contributed by atoms with Crippen LogP contribution >= 0.6 is 11.8 Å². The zero-order valence-corrected chi connectivity index (χ0v) is 17.8. The van der Waals surface area contributed by atoms with E-state index in [1.165, 1.54) is 0 Å². The number of aliphatic imine (C=N–C) groups is 2. The highest BCUT2D eigenvalue weighted by atomic mass is 32.2. The van der Waals surface area contributed by atoms with Crippen molar-refractivity contribution >= 4 is 29.2 Å². The molecule has 2 unspecified atom stereocenters. The highest BCUT2D eigenvalue weighted by Gasteiger charge is 2.29. The van der Waals surface area contributed by atoms with Crippen LogP contribution in [0.1, 0.15) is 12.8 Å². The standard InChI is InChI=1S/C23H28N4OS/c1-26-22(24)17-7-3-15(4-8-17)11-19-13-29-14-20(21(19)28)12-16-5-9-18(10-6-16)23(25)27-2/h3,5,7-12,19-20H,4,6,13-14H2,1-2H3,(H2,24,26)(H2,25,27). The molecule has 0 aromatic carbocycles. The molecule has 0 radical (unpaired) electrons. The summed E-state index contributed by atoms with van der Waals surface area (Å²) >= 11 is 1.84. The van der Waals surface area contributed by atoms with Gasteiger partial charge in [-0.3, -0.25) is 14.8 Å². The van der Waals surface area contributed by atoms with Crippen molar-refractivity contribution in [3.8, 4) is 0 Å². The second-order valence-corrected chi connectivity index (χ2v) is 8.32. The van der Waals surface area contributed by atoms with Gasteiger partial charge in [0.25, 0.3) is 0 Å². The van der Waals surface area contributed by atoms with E-state index < -0.39 is 0 Å². The predicted molar refractivity (Wildman–Crippen MR) is 124 cm³/mol. The summed E-state index contributed by atoms with van der Waals surface area (Å²) < 4.78 is 0. The summed E-state index contributed by atoms with van der Waals surface area (Å²) in [5.41, 5.74) is 15.9. The smallest absolute Gasteiger partial charge is 0.148 e. The number of allylic oxidation sites excluding steroid dienone is 8. The number of carbonyl (C=O) groups is 1. The van der Waals surface area contributed by atoms with Crippen LogP contribution in [0.4, 0.5) is 0 Å². The van der Waals surface area contributed by atoms with Gasteiger partial charge < -0.3 is 11.5 Å². The quantitative estimate of drug-likeness (QED) is 0.552. The van der Waals surface area contributed by atoms with Crippen LogP contribution in [-0.4, -0.2) is 43.1 Å². The number of nitrogens with zero attached hydrogens (tertiary/aromatic N) is 2. The monoisotopic (exact) mass is 408 g/mol. The average molecular weight is 409 g/mol. The Balaban J connectivity index is 1.66. The molecule has 5 nitrogen and oxygen atoms in total. The predicted octanol–water partition coefficient (Wildman–Crippen LogP) is 3.13. The van der Waals surface area contributed by atoms with Crippen LogP contribution in [0.5, 0.6) is 0 Å². The van der Waals surface area contributed by atoms with Crippen LogP contribution in [0.15, 0.2) is 80.9 Å². The summed E-state index contributed by atoms with van der Waals surface area (Å²) in [7, 11) is 3.37. The fourth-order valence-corrected chi connectivity index (χ4v) is 4.71. The Kier molecular flexibility index (Phi) is 7.09. The first-order chi connectivity index (χ1) is 14.0. The van der Waals surface area contributed by atoms with Crippen molar-refractivity contribution in [1.82, 2.24) is 0 Å². The van der Waals surface area contributed by atoms with Gasteiger partial charge >= 0.3 is 0 Å². The molecule has 3 aliphatic rings. The number of hydrogen-bond donors (Lipinski definition) is 2. The summed E-state index contributed by atoms with van der Waals surface area (Å²) in [6, 6.07) is 0. The third-order valence-corrected chi connectivity index (χ3v) is 6.49. The molecular formula is C23H28N4OS. The van der Waals surface area contributed by atoms with Crippen LogP contribution in [0.25, 0.3) is 0 Å². The van der Waals surface area contributed by atoms with Gasteiger partial charge in [0.2, 0.25) is 0 Å². The van der Waals surface area contributed by atoms with Crippen LogP contribution < -0.4 is 11.5 Å². The first-order valence-corrected chi connectivity index (χ1v) is 10.9. The number of hydrogen-bond acceptors (Lipinski definition) is 4. The molecule has 29 heavy (non-hydrogen) atoms. The molecule has 6 heteroatoms. The van der Waals surface area contributed by atoms with Gasteiger partial charge in [-0.1, -0.05) is 48.6 Å². The van der Waals surface area contributed by atoms with Gasteiger partial charge in [0, 0.05) is 48.6 Å². The maximum Gasteiger partial charge on any atom is 0.148 e. The maximum atomic E-state index is 13.1. The van der Waals surface area contributed by atoms with Crippen LogP contribution in [0.2, 0.25) is 0 Å². The number of nitrogens with two attached hydrogens (primary N) is 2. The summed E-state index contributed by atoms with van der Waals surface area (Å²) in [5.74, 6) is 2.97. The minimum absolute atomic E-state index is 0.0519. The Morgan fingerprint density at radius 1 is 0.897 bits per heavy atom. The largest absolute Gasteiger partial charge is 0.384 e. The van der Waals surface area contributed by atoms with Crippen LogP contribution in [0.3, 0.4) is 0 Å². The van der Waals surface area contributed by atoms with Crippen LogP contribution in [0, 0.1) is 11.8 Å². The van der Waals surface area contributed by atoms with Crippen molar-refractivity contribution in [3.63, 3.8) is 0 Å². The second kappa shape index (κ2) is 9.74. The molecule has 0 amide bonds. The molecule has 2 atom stereocenters. The lowest BCUT2D eigenvalue weighted by atomic mass is 9.88. The molecule has 0 spiro atoms. The van der Waals surface area contributed by atoms with Crippen molar-refractivity contribution in [2.75, 3.05) is 25.6 Å². The molecule has 1 aliphatic heterocycles. The highest BCUT2D eigenvalue weighted by molar-refractivity contribution is 7.99. The van der Waals surface area contributed by atoms with Gasteiger partial charge in [0.15, 0.2) is 0 Å². The van der Waals surface area contributed by atoms with E-state index in [1.54, 1.807) is 14.1 Å². The molecular weight excluding hydrogens is 380 g/mol. The minimum atomic E-state index is -0.0519. The molecule has 0 aromatic rings. The van der Waals surface area contributed by atoms with E-state index in [1.807, 2.05) is 36.1 Å². The minimum Gasteiger partial charge on any atom is -0.384 e. The molecule has 1 heterocycles. The molecule has 152 valence electrons. The lowest BCUT2D eigenvalue weighted by molar-refractivity contribution is -0.123. The zero-order valence-electron chi connectivity index (χ0n) is 17.0. The lowest BCUT2D eigenvalue weighted by Crippen LogP contribution is -2.30. The molecule has 1 saturated heterocycles. The van der Waals surface area contributed by atoms with E-state index in [-0.39, 0.29) is 11.8 Å². The summed E-state index contributed by atoms with van der Waals surface area (Å²) in [6.45, 7) is 0. The normalized spacial score (nSPS) is 28.7. The maximum absolute atomic E-state index is 13.1. The van der Waals surface area contributed by atoms with Gasteiger partial charge in [-0.2, -0.15) is 11.8 Å². The molecule has 3 rings (SSSR count). The number of Topliss-reactive ketones (excluding diaryl/α,β-unsaturated/α-hetero) is 1. The Morgan fingerprint density at radius 2 is 1.34 bits per heavy atom. The van der Waals surface area contributed by atoms with E-state index in [4.69, 9.17) is 11.5 Å². The highest BCUT2D eigenvalue weighted by Crippen LogP contribution is 2.30. The van der Waals surface area contributed by atoms with Gasteiger partial charge in [-0.15, -0.1) is 0 Å². The lowest BCUT2D eigenvalue weighted by Gasteiger charge is -2.25. The Morgan fingerprint density at radius 3 is 1.69 bits per heavy atom. The topological polar surface area (TPSA) is 93.8 Å².